The average Bonchev–Trinajstić information content (AvgIpc) is 3.39. The van der Waals surface area contributed by atoms with Crippen molar-refractivity contribution in [3.05, 3.63) is 35.7 Å². The van der Waals surface area contributed by atoms with Crippen molar-refractivity contribution in [3.63, 3.8) is 0 Å². The van der Waals surface area contributed by atoms with Crippen LogP contribution in [0.25, 0.3) is 0 Å². The molecule has 0 aliphatic carbocycles. The van der Waals surface area contributed by atoms with Crippen molar-refractivity contribution < 1.29 is 19.1 Å². The number of ether oxygens (including phenoxy) is 2. The van der Waals surface area contributed by atoms with Gasteiger partial charge in [0.25, 0.3) is 5.91 Å². The van der Waals surface area contributed by atoms with E-state index >= 15 is 0 Å². The number of aryl methyl sites for hydroxylation is 2. The van der Waals surface area contributed by atoms with Crippen molar-refractivity contribution in [2.45, 2.75) is 25.8 Å². The smallest absolute Gasteiger partial charge is 0.321 e. The van der Waals surface area contributed by atoms with Crippen LogP contribution < -0.4 is 14.8 Å². The maximum absolute atomic E-state index is 12.8. The molecule has 9 nitrogen and oxygen atoms in total. The molecule has 0 unspecified atom stereocenters. The van der Waals surface area contributed by atoms with Gasteiger partial charge in [-0.05, 0) is 37.5 Å². The lowest BCUT2D eigenvalue weighted by atomic mass is 10.1. The second kappa shape index (κ2) is 7.31. The average molecular weight is 397 g/mol. The van der Waals surface area contributed by atoms with E-state index in [1.165, 1.54) is 0 Å². The van der Waals surface area contributed by atoms with Crippen LogP contribution >= 0.6 is 0 Å². The second-order valence-electron chi connectivity index (χ2n) is 7.48. The third-order valence-corrected chi connectivity index (χ3v) is 5.61. The third kappa shape index (κ3) is 3.48. The highest BCUT2D eigenvalue weighted by Crippen LogP contribution is 2.34. The Morgan fingerprint density at radius 3 is 2.55 bits per heavy atom. The maximum Gasteiger partial charge on any atom is 0.321 e. The summed E-state index contributed by atoms with van der Waals surface area (Å²) in [5.74, 6) is 1.25. The molecule has 2 aromatic rings. The van der Waals surface area contributed by atoms with Crippen LogP contribution in [-0.4, -0.2) is 64.5 Å². The monoisotopic (exact) mass is 397 g/mol. The number of rotatable bonds is 2. The van der Waals surface area contributed by atoms with Gasteiger partial charge in [-0.2, -0.15) is 5.10 Å². The van der Waals surface area contributed by atoms with Gasteiger partial charge in [0.15, 0.2) is 17.2 Å². The number of carbonyl (C=O) groups excluding carboxylic acids is 2. The fraction of sp³-hybridized carbons (Fsp3) is 0.450. The highest BCUT2D eigenvalue weighted by molar-refractivity contribution is 5.93. The Hall–Kier alpha value is -3.23. The Balaban J connectivity index is 1.17. The summed E-state index contributed by atoms with van der Waals surface area (Å²) < 4.78 is 12.6. The number of hydrogen-bond donors (Lipinski definition) is 1. The van der Waals surface area contributed by atoms with Crippen molar-refractivity contribution in [2.24, 2.45) is 0 Å². The van der Waals surface area contributed by atoms with E-state index < -0.39 is 0 Å². The largest absolute Gasteiger partial charge is 0.454 e. The molecular weight excluding hydrogens is 374 g/mol. The minimum Gasteiger partial charge on any atom is -0.454 e. The number of carbonyl (C=O) groups is 2. The Morgan fingerprint density at radius 1 is 0.931 bits per heavy atom. The van der Waals surface area contributed by atoms with E-state index in [9.17, 15) is 9.59 Å². The van der Waals surface area contributed by atoms with E-state index in [4.69, 9.17) is 9.47 Å². The number of fused-ring (bicyclic) bond motifs is 2. The van der Waals surface area contributed by atoms with E-state index in [-0.39, 0.29) is 18.7 Å². The summed E-state index contributed by atoms with van der Waals surface area (Å²) in [6.45, 7) is 3.04. The molecule has 3 amide bonds. The quantitative estimate of drug-likeness (QED) is 0.837. The second-order valence-corrected chi connectivity index (χ2v) is 7.48. The van der Waals surface area contributed by atoms with Crippen LogP contribution in [0.1, 0.15) is 29.0 Å². The molecule has 9 heteroatoms. The Labute approximate surface area is 168 Å². The van der Waals surface area contributed by atoms with Gasteiger partial charge in [-0.3, -0.25) is 9.48 Å². The number of urea groups is 1. The summed E-state index contributed by atoms with van der Waals surface area (Å²) in [4.78, 5) is 28.9. The number of benzene rings is 1. The lowest BCUT2D eigenvalue weighted by Gasteiger charge is -2.34. The van der Waals surface area contributed by atoms with Crippen LogP contribution in [0, 0.1) is 0 Å². The molecule has 0 saturated carbocycles. The van der Waals surface area contributed by atoms with Gasteiger partial charge in [-0.1, -0.05) is 0 Å². The van der Waals surface area contributed by atoms with E-state index in [2.05, 4.69) is 10.4 Å². The molecule has 4 heterocycles. The van der Waals surface area contributed by atoms with Gasteiger partial charge in [-0.15, -0.1) is 0 Å². The van der Waals surface area contributed by atoms with Gasteiger partial charge >= 0.3 is 6.03 Å². The lowest BCUT2D eigenvalue weighted by Crippen LogP contribution is -2.51. The molecule has 0 bridgehead atoms. The molecule has 1 N–H and O–H groups in total. The minimum atomic E-state index is -0.187. The molecule has 1 aromatic carbocycles. The standard InChI is InChI=1S/C20H23N5O4/c26-19(16-12-15-3-1-2-6-25(15)22-16)23-7-9-24(10-8-23)20(27)21-14-4-5-17-18(11-14)29-13-28-17/h4-5,11-12H,1-3,6-10,13H2,(H,21,27). The zero-order valence-corrected chi connectivity index (χ0v) is 16.1. The van der Waals surface area contributed by atoms with Crippen LogP contribution in [0.5, 0.6) is 11.5 Å². The molecule has 5 rings (SSSR count). The first-order valence-corrected chi connectivity index (χ1v) is 9.99. The van der Waals surface area contributed by atoms with Crippen molar-refractivity contribution >= 4 is 17.6 Å². The molecule has 3 aliphatic heterocycles. The summed E-state index contributed by atoms with van der Waals surface area (Å²) in [5.41, 5.74) is 2.31. The normalized spacial score (nSPS) is 17.8. The summed E-state index contributed by atoms with van der Waals surface area (Å²) in [6.07, 6.45) is 3.24. The third-order valence-electron chi connectivity index (χ3n) is 5.61. The van der Waals surface area contributed by atoms with Crippen LogP contribution in [0.15, 0.2) is 24.3 Å². The predicted octanol–water partition coefficient (Wildman–Crippen LogP) is 1.94. The van der Waals surface area contributed by atoms with Gasteiger partial charge in [0.1, 0.15) is 0 Å². The lowest BCUT2D eigenvalue weighted by molar-refractivity contribution is 0.0665. The van der Waals surface area contributed by atoms with E-state index in [1.54, 1.807) is 28.0 Å². The molecule has 0 spiro atoms. The number of hydrogen-bond acceptors (Lipinski definition) is 5. The van der Waals surface area contributed by atoms with Gasteiger partial charge in [0.05, 0.1) is 0 Å². The Kier molecular flexibility index (Phi) is 4.49. The highest BCUT2D eigenvalue weighted by Gasteiger charge is 2.27. The van der Waals surface area contributed by atoms with Crippen LogP contribution in [-0.2, 0) is 13.0 Å². The summed E-state index contributed by atoms with van der Waals surface area (Å²) in [5, 5.41) is 7.36. The number of aromatic nitrogens is 2. The first-order valence-electron chi connectivity index (χ1n) is 9.99. The molecular formula is C20H23N5O4. The van der Waals surface area contributed by atoms with Crippen molar-refractivity contribution in [1.82, 2.24) is 19.6 Å². The summed E-state index contributed by atoms with van der Waals surface area (Å²) >= 11 is 0. The summed E-state index contributed by atoms with van der Waals surface area (Å²) in [6, 6.07) is 7.04. The van der Waals surface area contributed by atoms with Crippen LogP contribution in [0.2, 0.25) is 0 Å². The van der Waals surface area contributed by atoms with Crippen molar-refractivity contribution in [3.8, 4) is 11.5 Å². The Morgan fingerprint density at radius 2 is 1.72 bits per heavy atom. The van der Waals surface area contributed by atoms with Crippen LogP contribution in [0.3, 0.4) is 0 Å². The van der Waals surface area contributed by atoms with Crippen LogP contribution in [0.4, 0.5) is 10.5 Å². The van der Waals surface area contributed by atoms with Crippen molar-refractivity contribution in [1.29, 1.82) is 0 Å². The Bertz CT molecular complexity index is 925. The van der Waals surface area contributed by atoms with Gasteiger partial charge in [-0.25, -0.2) is 4.79 Å². The number of nitrogens with zero attached hydrogens (tertiary/aromatic N) is 4. The summed E-state index contributed by atoms with van der Waals surface area (Å²) in [7, 11) is 0. The van der Waals surface area contributed by atoms with E-state index in [0.717, 1.165) is 31.5 Å². The molecule has 0 atom stereocenters. The molecule has 152 valence electrons. The number of amides is 3. The van der Waals surface area contributed by atoms with Crippen molar-refractivity contribution in [2.75, 3.05) is 38.3 Å². The molecule has 29 heavy (non-hydrogen) atoms. The fourth-order valence-corrected chi connectivity index (χ4v) is 3.97. The molecule has 1 aromatic heterocycles. The fourth-order valence-electron chi connectivity index (χ4n) is 3.97. The SMILES string of the molecule is O=C(Nc1ccc2c(c1)OCO2)N1CCN(C(=O)c2cc3n(n2)CCCC3)CC1. The first kappa shape index (κ1) is 17.8. The first-order chi connectivity index (χ1) is 14.2. The molecule has 1 saturated heterocycles. The molecule has 3 aliphatic rings. The van der Waals surface area contributed by atoms with E-state index in [0.29, 0.717) is 49.1 Å². The van der Waals surface area contributed by atoms with Gasteiger partial charge < -0.3 is 24.6 Å². The minimum absolute atomic E-state index is 0.0530. The number of nitrogens with one attached hydrogen (secondary N) is 1. The predicted molar refractivity (Wildman–Crippen MR) is 104 cm³/mol. The highest BCUT2D eigenvalue weighted by atomic mass is 16.7. The molecule has 0 radical (unpaired) electrons. The topological polar surface area (TPSA) is 88.9 Å². The van der Waals surface area contributed by atoms with E-state index in [1.807, 2.05) is 10.7 Å². The number of piperazine rings is 1. The van der Waals surface area contributed by atoms with Gasteiger partial charge in [0, 0.05) is 50.2 Å². The maximum atomic E-state index is 12.8. The zero-order valence-electron chi connectivity index (χ0n) is 16.1. The molecule has 1 fully saturated rings. The zero-order chi connectivity index (χ0) is 19.8. The van der Waals surface area contributed by atoms with Gasteiger partial charge in [0.2, 0.25) is 6.79 Å². The number of anilines is 1.